The van der Waals surface area contributed by atoms with Crippen molar-refractivity contribution < 1.29 is 0 Å². The summed E-state index contributed by atoms with van der Waals surface area (Å²) in [4.78, 5) is 0. The number of nitrogens with two attached hydrogens (primary N) is 3. The number of hydrogen-bond acceptors (Lipinski definition) is 3. The minimum atomic E-state index is -0.156. The van der Waals surface area contributed by atoms with Crippen LogP contribution in [0.1, 0.15) is 0 Å². The zero-order chi connectivity index (χ0) is 11.6. The van der Waals surface area contributed by atoms with Crippen molar-refractivity contribution >= 4 is 0 Å². The van der Waals surface area contributed by atoms with Gasteiger partial charge in [-0.3, -0.25) is 0 Å². The summed E-state index contributed by atoms with van der Waals surface area (Å²) in [5, 5.41) is 0. The van der Waals surface area contributed by atoms with Gasteiger partial charge in [0.05, 0.1) is 0 Å². The molecule has 0 aromatic carbocycles. The molecule has 0 saturated heterocycles. The van der Waals surface area contributed by atoms with Gasteiger partial charge in [-0.1, -0.05) is 18.2 Å². The van der Waals surface area contributed by atoms with Crippen molar-refractivity contribution in [2.24, 2.45) is 35.0 Å². The molecule has 1 saturated carbocycles. The maximum Gasteiger partial charge on any atom is 0.0277 e. The highest BCUT2D eigenvalue weighted by Crippen LogP contribution is 2.33. The van der Waals surface area contributed by atoms with Crippen molar-refractivity contribution in [3.63, 3.8) is 0 Å². The van der Waals surface area contributed by atoms with Crippen molar-refractivity contribution in [1.29, 1.82) is 0 Å². The van der Waals surface area contributed by atoms with Gasteiger partial charge in [0.25, 0.3) is 0 Å². The summed E-state index contributed by atoms with van der Waals surface area (Å²) in [6.45, 7) is 11.4. The molecule has 15 heavy (non-hydrogen) atoms. The largest absolute Gasteiger partial charge is 0.327 e. The maximum atomic E-state index is 6.14. The lowest BCUT2D eigenvalue weighted by Gasteiger charge is -2.45. The summed E-state index contributed by atoms with van der Waals surface area (Å²) in [5.74, 6) is 0.267. The van der Waals surface area contributed by atoms with Crippen LogP contribution in [0.5, 0.6) is 0 Å². The molecule has 3 heteroatoms. The van der Waals surface area contributed by atoms with Gasteiger partial charge in [0.2, 0.25) is 0 Å². The standard InChI is InChI=1S/C12H21N3/c1-4-7-8(5-2)11(14)12(15)9(6-3)10(7)13/h4-12H,1-3,13-15H2. The molecular formula is C12H21N3. The molecule has 0 amide bonds. The molecule has 1 rings (SSSR count). The minimum Gasteiger partial charge on any atom is -0.327 e. The highest BCUT2D eigenvalue weighted by atomic mass is 14.9. The first-order valence-corrected chi connectivity index (χ1v) is 5.22. The van der Waals surface area contributed by atoms with E-state index in [1.165, 1.54) is 0 Å². The van der Waals surface area contributed by atoms with E-state index in [0.717, 1.165) is 0 Å². The Morgan fingerprint density at radius 2 is 0.933 bits per heavy atom. The third-order valence-corrected chi connectivity index (χ3v) is 3.48. The molecule has 1 aliphatic carbocycles. The molecule has 0 aromatic heterocycles. The molecule has 1 fully saturated rings. The van der Waals surface area contributed by atoms with E-state index in [1.54, 1.807) is 6.08 Å². The quantitative estimate of drug-likeness (QED) is 0.586. The van der Waals surface area contributed by atoms with E-state index in [4.69, 9.17) is 17.2 Å². The normalized spacial score (nSPS) is 45.8. The Bertz CT molecular complexity index is 262. The highest BCUT2D eigenvalue weighted by Gasteiger charge is 2.42. The number of rotatable bonds is 3. The molecule has 0 aliphatic heterocycles. The van der Waals surface area contributed by atoms with Gasteiger partial charge >= 0.3 is 0 Å². The first kappa shape index (κ1) is 12.2. The van der Waals surface area contributed by atoms with Crippen LogP contribution in [0.25, 0.3) is 0 Å². The molecule has 0 aromatic rings. The van der Waals surface area contributed by atoms with Gasteiger partial charge in [-0.15, -0.1) is 19.7 Å². The van der Waals surface area contributed by atoms with Crippen LogP contribution in [0.3, 0.4) is 0 Å². The van der Waals surface area contributed by atoms with Crippen LogP contribution in [0.4, 0.5) is 0 Å². The van der Waals surface area contributed by atoms with Crippen LogP contribution in [-0.2, 0) is 0 Å². The zero-order valence-electron chi connectivity index (χ0n) is 9.05. The van der Waals surface area contributed by atoms with Gasteiger partial charge in [0, 0.05) is 35.9 Å². The maximum absolute atomic E-state index is 6.14. The van der Waals surface area contributed by atoms with Gasteiger partial charge < -0.3 is 17.2 Å². The monoisotopic (exact) mass is 207 g/mol. The fourth-order valence-electron chi connectivity index (χ4n) is 2.48. The first-order chi connectivity index (χ1) is 7.08. The smallest absolute Gasteiger partial charge is 0.0277 e. The summed E-state index contributed by atoms with van der Waals surface area (Å²) >= 11 is 0. The average Bonchev–Trinajstić information content (AvgIpc) is 2.23. The second-order valence-electron chi connectivity index (χ2n) is 4.17. The van der Waals surface area contributed by atoms with Crippen molar-refractivity contribution in [1.82, 2.24) is 0 Å². The molecule has 3 nitrogen and oxygen atoms in total. The van der Waals surface area contributed by atoms with Crippen LogP contribution in [0.15, 0.2) is 38.0 Å². The number of hydrogen-bond donors (Lipinski definition) is 3. The molecular weight excluding hydrogens is 186 g/mol. The highest BCUT2D eigenvalue weighted by molar-refractivity contribution is 5.15. The summed E-state index contributed by atoms with van der Waals surface area (Å²) in [6, 6.07) is -0.359. The third kappa shape index (κ3) is 1.91. The van der Waals surface area contributed by atoms with Crippen LogP contribution in [-0.4, -0.2) is 18.1 Å². The van der Waals surface area contributed by atoms with Gasteiger partial charge in [0.1, 0.15) is 0 Å². The molecule has 0 bridgehead atoms. The van der Waals surface area contributed by atoms with E-state index < -0.39 is 0 Å². The Labute approximate surface area is 91.7 Å². The third-order valence-electron chi connectivity index (χ3n) is 3.48. The summed E-state index contributed by atoms with van der Waals surface area (Å²) in [5.41, 5.74) is 18.3. The Balaban J connectivity index is 3.02. The second-order valence-corrected chi connectivity index (χ2v) is 4.17. The summed E-state index contributed by atoms with van der Waals surface area (Å²) < 4.78 is 0. The van der Waals surface area contributed by atoms with Gasteiger partial charge in [-0.25, -0.2) is 0 Å². The van der Waals surface area contributed by atoms with E-state index in [0.29, 0.717) is 0 Å². The SMILES string of the molecule is C=CC1C(N)C(N)C(C=C)C(C=C)C1N. The van der Waals surface area contributed by atoms with E-state index >= 15 is 0 Å². The molecule has 0 heterocycles. The Morgan fingerprint density at radius 1 is 0.600 bits per heavy atom. The fourth-order valence-corrected chi connectivity index (χ4v) is 2.48. The average molecular weight is 207 g/mol. The molecule has 6 unspecified atom stereocenters. The molecule has 6 atom stereocenters. The van der Waals surface area contributed by atoms with Crippen molar-refractivity contribution in [2.75, 3.05) is 0 Å². The van der Waals surface area contributed by atoms with Gasteiger partial charge in [0.15, 0.2) is 0 Å². The predicted octanol–water partition coefficient (Wildman–Crippen LogP) is 0.389. The van der Waals surface area contributed by atoms with E-state index in [1.807, 2.05) is 12.2 Å². The summed E-state index contributed by atoms with van der Waals surface area (Å²) in [7, 11) is 0. The second kappa shape index (κ2) is 4.75. The Morgan fingerprint density at radius 3 is 1.33 bits per heavy atom. The molecule has 0 spiro atoms. The van der Waals surface area contributed by atoms with E-state index in [9.17, 15) is 0 Å². The fraction of sp³-hybridized carbons (Fsp3) is 0.500. The van der Waals surface area contributed by atoms with Crippen molar-refractivity contribution in [2.45, 2.75) is 18.1 Å². The zero-order valence-corrected chi connectivity index (χ0v) is 9.05. The Hall–Kier alpha value is -0.900. The van der Waals surface area contributed by atoms with E-state index in [2.05, 4.69) is 19.7 Å². The van der Waals surface area contributed by atoms with Crippen LogP contribution < -0.4 is 17.2 Å². The Kier molecular flexibility index (Phi) is 3.85. The topological polar surface area (TPSA) is 78.1 Å². The van der Waals surface area contributed by atoms with Crippen LogP contribution in [0.2, 0.25) is 0 Å². The van der Waals surface area contributed by atoms with Crippen molar-refractivity contribution in [3.05, 3.63) is 38.0 Å². The minimum absolute atomic E-state index is 0.0409. The van der Waals surface area contributed by atoms with Gasteiger partial charge in [-0.2, -0.15) is 0 Å². The summed E-state index contributed by atoms with van der Waals surface area (Å²) in [6.07, 6.45) is 5.47. The molecule has 6 N–H and O–H groups in total. The lowest BCUT2D eigenvalue weighted by molar-refractivity contribution is 0.184. The lowest BCUT2D eigenvalue weighted by atomic mass is 9.66. The van der Waals surface area contributed by atoms with Crippen LogP contribution in [0, 0.1) is 17.8 Å². The van der Waals surface area contributed by atoms with E-state index in [-0.39, 0.29) is 35.9 Å². The molecule has 1 aliphatic rings. The molecule has 84 valence electrons. The van der Waals surface area contributed by atoms with Gasteiger partial charge in [-0.05, 0) is 0 Å². The molecule has 0 radical (unpaired) electrons. The van der Waals surface area contributed by atoms with Crippen LogP contribution >= 0.6 is 0 Å². The van der Waals surface area contributed by atoms with Crippen molar-refractivity contribution in [3.8, 4) is 0 Å². The lowest BCUT2D eigenvalue weighted by Crippen LogP contribution is -2.63. The predicted molar refractivity (Wildman–Crippen MR) is 65.0 cm³/mol. The first-order valence-electron chi connectivity index (χ1n) is 5.22.